The van der Waals surface area contributed by atoms with E-state index < -0.39 is 0 Å². The predicted molar refractivity (Wildman–Crippen MR) is 122 cm³/mol. The van der Waals surface area contributed by atoms with Gasteiger partial charge in [-0.2, -0.15) is 0 Å². The lowest BCUT2D eigenvalue weighted by atomic mass is 10.1. The van der Waals surface area contributed by atoms with Gasteiger partial charge in [0.15, 0.2) is 0 Å². The second kappa shape index (κ2) is 13.6. The van der Waals surface area contributed by atoms with E-state index in [4.69, 9.17) is 4.74 Å². The Labute approximate surface area is 181 Å². The number of unbranched alkanes of at least 4 members (excludes halogenated alkanes) is 4. The zero-order valence-corrected chi connectivity index (χ0v) is 18.4. The Morgan fingerprint density at radius 1 is 0.933 bits per heavy atom. The number of hydrogen-bond donors (Lipinski definition) is 0. The fourth-order valence-electron chi connectivity index (χ4n) is 3.43. The van der Waals surface area contributed by atoms with Crippen molar-refractivity contribution in [3.05, 3.63) is 65.2 Å². The molecular weight excluding hydrogens is 374 g/mol. The number of ether oxygens (including phenoxy) is 1. The van der Waals surface area contributed by atoms with Crippen LogP contribution in [0.4, 0.5) is 0 Å². The van der Waals surface area contributed by atoms with E-state index >= 15 is 0 Å². The van der Waals surface area contributed by atoms with Gasteiger partial charge in [-0.05, 0) is 36.6 Å². The lowest BCUT2D eigenvalue weighted by molar-refractivity contribution is 0.0745. The van der Waals surface area contributed by atoms with Crippen molar-refractivity contribution in [2.75, 3.05) is 19.7 Å². The summed E-state index contributed by atoms with van der Waals surface area (Å²) in [5.41, 5.74) is 2.17. The van der Waals surface area contributed by atoms with Gasteiger partial charge in [-0.1, -0.05) is 69.9 Å². The number of hydrogen-bond acceptors (Lipinski definition) is 3. The zero-order valence-electron chi connectivity index (χ0n) is 18.4. The number of carbonyl (C=O) groups excluding carboxylic acids is 2. The summed E-state index contributed by atoms with van der Waals surface area (Å²) in [6, 6.07) is 15.3. The highest BCUT2D eigenvalue weighted by Gasteiger charge is 2.20. The molecule has 0 saturated heterocycles. The third-order valence-electron chi connectivity index (χ3n) is 5.21. The van der Waals surface area contributed by atoms with Crippen molar-refractivity contribution in [1.29, 1.82) is 0 Å². The first-order chi connectivity index (χ1) is 14.7. The van der Waals surface area contributed by atoms with E-state index in [0.29, 0.717) is 23.5 Å². The summed E-state index contributed by atoms with van der Waals surface area (Å²) >= 11 is 0. The maximum Gasteiger partial charge on any atom is 0.257 e. The second-order valence-electron chi connectivity index (χ2n) is 7.66. The van der Waals surface area contributed by atoms with Crippen molar-refractivity contribution >= 4 is 12.2 Å². The van der Waals surface area contributed by atoms with Crippen LogP contribution in [-0.4, -0.2) is 36.8 Å². The molecule has 0 heterocycles. The van der Waals surface area contributed by atoms with Gasteiger partial charge in [-0.15, -0.1) is 0 Å². The Morgan fingerprint density at radius 2 is 1.60 bits per heavy atom. The van der Waals surface area contributed by atoms with Gasteiger partial charge >= 0.3 is 0 Å². The Balaban J connectivity index is 2.14. The smallest absolute Gasteiger partial charge is 0.257 e. The summed E-state index contributed by atoms with van der Waals surface area (Å²) in [5, 5.41) is 0. The van der Waals surface area contributed by atoms with Crippen molar-refractivity contribution in [3.8, 4) is 5.75 Å². The van der Waals surface area contributed by atoms with Gasteiger partial charge in [0, 0.05) is 25.1 Å². The molecule has 4 nitrogen and oxygen atoms in total. The van der Waals surface area contributed by atoms with Gasteiger partial charge in [-0.3, -0.25) is 9.59 Å². The molecule has 0 N–H and O–H groups in total. The first-order valence-corrected chi connectivity index (χ1v) is 11.2. The van der Waals surface area contributed by atoms with E-state index in [0.717, 1.165) is 64.3 Å². The molecule has 0 aliphatic heterocycles. The second-order valence-corrected chi connectivity index (χ2v) is 7.66. The molecule has 1 amide bonds. The van der Waals surface area contributed by atoms with Crippen LogP contribution in [0.2, 0.25) is 0 Å². The number of amides is 1. The Bertz CT molecular complexity index is 763. The highest BCUT2D eigenvalue weighted by Crippen LogP contribution is 2.23. The average molecular weight is 410 g/mol. The molecule has 0 saturated carbocycles. The summed E-state index contributed by atoms with van der Waals surface area (Å²) in [6.45, 7) is 6.29. The molecule has 4 heteroatoms. The summed E-state index contributed by atoms with van der Waals surface area (Å²) in [4.78, 5) is 26.6. The minimum atomic E-state index is -0.0411. The topological polar surface area (TPSA) is 46.6 Å². The fraction of sp³-hybridized carbons (Fsp3) is 0.462. The normalized spacial score (nSPS) is 10.6. The highest BCUT2D eigenvalue weighted by molar-refractivity contribution is 5.98. The molecule has 0 bridgehead atoms. The number of nitrogens with zero attached hydrogens (tertiary/aromatic N) is 1. The molecule has 30 heavy (non-hydrogen) atoms. The number of aldehydes is 1. The lowest BCUT2D eigenvalue weighted by Crippen LogP contribution is -2.33. The van der Waals surface area contributed by atoms with Crippen LogP contribution >= 0.6 is 0 Å². The molecule has 0 atom stereocenters. The van der Waals surface area contributed by atoms with Crippen LogP contribution < -0.4 is 4.74 Å². The van der Waals surface area contributed by atoms with Gasteiger partial charge in [0.2, 0.25) is 0 Å². The van der Waals surface area contributed by atoms with Crippen molar-refractivity contribution in [1.82, 2.24) is 4.90 Å². The summed E-state index contributed by atoms with van der Waals surface area (Å²) in [6.07, 6.45) is 7.97. The molecule has 2 aromatic carbocycles. The van der Waals surface area contributed by atoms with E-state index in [9.17, 15) is 9.59 Å². The van der Waals surface area contributed by atoms with Crippen molar-refractivity contribution in [2.24, 2.45) is 0 Å². The molecule has 0 fully saturated rings. The quantitative estimate of drug-likeness (QED) is 0.286. The van der Waals surface area contributed by atoms with E-state index in [1.807, 2.05) is 23.1 Å². The standard InChI is InChI=1S/C26H35NO3/c1-3-5-10-17-27(18-11-6-4-2)26(29)24-20-23(21-28)14-15-25(24)30-19-16-22-12-8-7-9-13-22/h7-9,12-15,20-21H,3-6,10-11,16-19H2,1-2H3. The van der Waals surface area contributed by atoms with Crippen LogP contribution in [0, 0.1) is 0 Å². The molecule has 0 radical (unpaired) electrons. The van der Waals surface area contributed by atoms with Crippen LogP contribution in [0.3, 0.4) is 0 Å². The van der Waals surface area contributed by atoms with Gasteiger partial charge < -0.3 is 9.64 Å². The third-order valence-corrected chi connectivity index (χ3v) is 5.21. The molecule has 0 spiro atoms. The first-order valence-electron chi connectivity index (χ1n) is 11.2. The molecule has 162 valence electrons. The van der Waals surface area contributed by atoms with E-state index in [1.54, 1.807) is 18.2 Å². The van der Waals surface area contributed by atoms with Crippen LogP contribution in [0.15, 0.2) is 48.5 Å². The first kappa shape index (κ1) is 23.7. The van der Waals surface area contributed by atoms with E-state index in [1.165, 1.54) is 5.56 Å². The molecule has 0 aliphatic rings. The molecular formula is C26H35NO3. The zero-order chi connectivity index (χ0) is 21.6. The van der Waals surface area contributed by atoms with Crippen LogP contribution in [0.1, 0.15) is 78.7 Å². The minimum Gasteiger partial charge on any atom is -0.492 e. The molecule has 0 unspecified atom stereocenters. The Hall–Kier alpha value is -2.62. The molecule has 0 aliphatic carbocycles. The average Bonchev–Trinajstić information content (AvgIpc) is 2.78. The fourth-order valence-corrected chi connectivity index (χ4v) is 3.43. The number of carbonyl (C=O) groups is 2. The van der Waals surface area contributed by atoms with Gasteiger partial charge in [0.05, 0.1) is 12.2 Å². The van der Waals surface area contributed by atoms with Crippen molar-refractivity contribution < 1.29 is 14.3 Å². The summed E-state index contributed by atoms with van der Waals surface area (Å²) in [7, 11) is 0. The van der Waals surface area contributed by atoms with Crippen LogP contribution in [-0.2, 0) is 6.42 Å². The van der Waals surface area contributed by atoms with Gasteiger partial charge in [-0.25, -0.2) is 0 Å². The van der Waals surface area contributed by atoms with Crippen molar-refractivity contribution in [2.45, 2.75) is 58.8 Å². The Morgan fingerprint density at radius 3 is 2.20 bits per heavy atom. The summed E-state index contributed by atoms with van der Waals surface area (Å²) in [5.74, 6) is 0.512. The third kappa shape index (κ3) is 7.66. The molecule has 2 rings (SSSR count). The van der Waals surface area contributed by atoms with Gasteiger partial charge in [0.25, 0.3) is 5.91 Å². The van der Waals surface area contributed by atoms with Crippen LogP contribution in [0.25, 0.3) is 0 Å². The van der Waals surface area contributed by atoms with E-state index in [-0.39, 0.29) is 5.91 Å². The maximum absolute atomic E-state index is 13.4. The number of benzene rings is 2. The van der Waals surface area contributed by atoms with Gasteiger partial charge in [0.1, 0.15) is 12.0 Å². The minimum absolute atomic E-state index is 0.0411. The highest BCUT2D eigenvalue weighted by atomic mass is 16.5. The van der Waals surface area contributed by atoms with E-state index in [2.05, 4.69) is 26.0 Å². The predicted octanol–water partition coefficient (Wildman–Crippen LogP) is 5.94. The monoisotopic (exact) mass is 409 g/mol. The lowest BCUT2D eigenvalue weighted by Gasteiger charge is -2.24. The van der Waals surface area contributed by atoms with Crippen LogP contribution in [0.5, 0.6) is 5.75 Å². The molecule has 2 aromatic rings. The largest absolute Gasteiger partial charge is 0.492 e. The van der Waals surface area contributed by atoms with Crippen molar-refractivity contribution in [3.63, 3.8) is 0 Å². The maximum atomic E-state index is 13.4. The molecule has 0 aromatic heterocycles. The SMILES string of the molecule is CCCCCN(CCCCC)C(=O)c1cc(C=O)ccc1OCCc1ccccc1. The number of rotatable bonds is 14. The Kier molecular flexibility index (Phi) is 10.7. The summed E-state index contributed by atoms with van der Waals surface area (Å²) < 4.78 is 6.00.